The lowest BCUT2D eigenvalue weighted by Crippen LogP contribution is -2.51. The highest BCUT2D eigenvalue weighted by Crippen LogP contribution is 2.30. The summed E-state index contributed by atoms with van der Waals surface area (Å²) in [5.74, 6) is -0.195. The fourth-order valence-electron chi connectivity index (χ4n) is 2.56. The van der Waals surface area contributed by atoms with Crippen molar-refractivity contribution in [2.45, 2.75) is 45.6 Å². The highest BCUT2D eigenvalue weighted by atomic mass is 79.9. The number of amides is 1. The summed E-state index contributed by atoms with van der Waals surface area (Å²) in [6.45, 7) is 6.55. The maximum absolute atomic E-state index is 12.5. The molecule has 1 unspecified atom stereocenters. The first-order valence-corrected chi connectivity index (χ1v) is 8.54. The standard InChI is InChI=1S/C17H27BrN2O2.ClH/c1-4-17(5-2,10-11-21)12-20-15(22)16(3,19)13-6-8-14(18)9-7-13;/h6-9,21H,4-5,10-12,19H2,1-3H3,(H,20,22);1H. The second-order valence-corrected chi connectivity index (χ2v) is 6.99. The van der Waals surface area contributed by atoms with Gasteiger partial charge in [0.25, 0.3) is 0 Å². The lowest BCUT2D eigenvalue weighted by molar-refractivity contribution is -0.126. The second-order valence-electron chi connectivity index (χ2n) is 6.07. The van der Waals surface area contributed by atoms with Crippen LogP contribution in [-0.4, -0.2) is 24.2 Å². The molecule has 0 aliphatic heterocycles. The highest BCUT2D eigenvalue weighted by Gasteiger charge is 2.33. The molecule has 0 aromatic heterocycles. The molecule has 0 heterocycles. The Morgan fingerprint density at radius 1 is 1.26 bits per heavy atom. The van der Waals surface area contributed by atoms with Crippen molar-refractivity contribution in [3.05, 3.63) is 34.3 Å². The number of aliphatic hydroxyl groups excluding tert-OH is 1. The Balaban J connectivity index is 0.00000484. The van der Waals surface area contributed by atoms with E-state index in [4.69, 9.17) is 5.73 Å². The van der Waals surface area contributed by atoms with Gasteiger partial charge in [0.1, 0.15) is 5.54 Å². The van der Waals surface area contributed by atoms with Gasteiger partial charge in [-0.2, -0.15) is 0 Å². The summed E-state index contributed by atoms with van der Waals surface area (Å²) in [6.07, 6.45) is 2.49. The molecule has 23 heavy (non-hydrogen) atoms. The maximum atomic E-state index is 12.5. The van der Waals surface area contributed by atoms with Gasteiger partial charge < -0.3 is 16.2 Å². The number of nitrogens with one attached hydrogen (secondary N) is 1. The van der Waals surface area contributed by atoms with E-state index in [0.29, 0.717) is 13.0 Å². The van der Waals surface area contributed by atoms with Crippen molar-refractivity contribution in [3.63, 3.8) is 0 Å². The third kappa shape index (κ3) is 5.75. The monoisotopic (exact) mass is 406 g/mol. The Morgan fingerprint density at radius 3 is 2.22 bits per heavy atom. The van der Waals surface area contributed by atoms with Crippen LogP contribution in [0.2, 0.25) is 0 Å². The molecule has 0 saturated heterocycles. The number of hydrogen-bond acceptors (Lipinski definition) is 3. The van der Waals surface area contributed by atoms with Gasteiger partial charge >= 0.3 is 0 Å². The highest BCUT2D eigenvalue weighted by molar-refractivity contribution is 9.10. The minimum Gasteiger partial charge on any atom is -0.396 e. The van der Waals surface area contributed by atoms with Crippen molar-refractivity contribution in [2.24, 2.45) is 11.1 Å². The molecule has 0 aliphatic rings. The Labute approximate surface area is 153 Å². The van der Waals surface area contributed by atoms with E-state index in [1.54, 1.807) is 6.92 Å². The molecule has 0 bridgehead atoms. The lowest BCUT2D eigenvalue weighted by atomic mass is 9.79. The third-order valence-electron chi connectivity index (χ3n) is 4.68. The van der Waals surface area contributed by atoms with E-state index in [2.05, 4.69) is 35.1 Å². The van der Waals surface area contributed by atoms with Crippen LogP contribution in [0, 0.1) is 5.41 Å². The van der Waals surface area contributed by atoms with E-state index in [1.807, 2.05) is 24.3 Å². The van der Waals surface area contributed by atoms with Gasteiger partial charge in [0.2, 0.25) is 5.91 Å². The third-order valence-corrected chi connectivity index (χ3v) is 5.21. The number of nitrogens with two attached hydrogens (primary N) is 1. The van der Waals surface area contributed by atoms with Crippen molar-refractivity contribution < 1.29 is 9.90 Å². The summed E-state index contributed by atoms with van der Waals surface area (Å²) in [4.78, 5) is 12.5. The number of carbonyl (C=O) groups excluding carboxylic acids is 1. The molecule has 0 radical (unpaired) electrons. The Hall–Kier alpha value is -0.620. The largest absolute Gasteiger partial charge is 0.396 e. The summed E-state index contributed by atoms with van der Waals surface area (Å²) in [7, 11) is 0. The number of hydrogen-bond donors (Lipinski definition) is 3. The molecule has 1 rings (SSSR count). The van der Waals surface area contributed by atoms with Crippen molar-refractivity contribution >= 4 is 34.2 Å². The van der Waals surface area contributed by atoms with Gasteiger partial charge in [-0.1, -0.05) is 41.9 Å². The minimum absolute atomic E-state index is 0. The molecule has 0 spiro atoms. The number of benzene rings is 1. The quantitative estimate of drug-likeness (QED) is 0.618. The first kappa shape index (κ1) is 22.4. The number of carbonyl (C=O) groups is 1. The van der Waals surface area contributed by atoms with Gasteiger partial charge in [0.05, 0.1) is 0 Å². The Bertz CT molecular complexity index is 488. The number of aliphatic hydroxyl groups is 1. The summed E-state index contributed by atoms with van der Waals surface area (Å²) in [5.41, 5.74) is 5.87. The zero-order valence-corrected chi connectivity index (χ0v) is 16.5. The first-order valence-electron chi connectivity index (χ1n) is 7.75. The van der Waals surface area contributed by atoms with Crippen molar-refractivity contribution in [1.82, 2.24) is 5.32 Å². The average molecular weight is 408 g/mol. The smallest absolute Gasteiger partial charge is 0.244 e. The van der Waals surface area contributed by atoms with Crippen LogP contribution in [0.25, 0.3) is 0 Å². The Kier molecular flexibility index (Phi) is 9.36. The molecule has 1 aromatic rings. The summed E-state index contributed by atoms with van der Waals surface area (Å²) < 4.78 is 0.950. The van der Waals surface area contributed by atoms with Crippen LogP contribution in [0.5, 0.6) is 0 Å². The van der Waals surface area contributed by atoms with Gasteiger partial charge in [0, 0.05) is 17.6 Å². The summed E-state index contributed by atoms with van der Waals surface area (Å²) in [5, 5.41) is 12.2. The van der Waals surface area contributed by atoms with E-state index in [1.165, 1.54) is 0 Å². The van der Waals surface area contributed by atoms with Crippen LogP contribution >= 0.6 is 28.3 Å². The number of rotatable bonds is 8. The van der Waals surface area contributed by atoms with E-state index >= 15 is 0 Å². The fraction of sp³-hybridized carbons (Fsp3) is 0.588. The molecule has 0 aliphatic carbocycles. The van der Waals surface area contributed by atoms with E-state index in [-0.39, 0.29) is 30.3 Å². The topological polar surface area (TPSA) is 75.3 Å². The fourth-order valence-corrected chi connectivity index (χ4v) is 2.82. The Morgan fingerprint density at radius 2 is 1.78 bits per heavy atom. The van der Waals surface area contributed by atoms with Crippen LogP contribution in [0.1, 0.15) is 45.6 Å². The zero-order chi connectivity index (χ0) is 16.8. The number of halogens is 2. The van der Waals surface area contributed by atoms with Crippen molar-refractivity contribution in [3.8, 4) is 0 Å². The molecule has 4 nitrogen and oxygen atoms in total. The molecule has 132 valence electrons. The van der Waals surface area contributed by atoms with Crippen LogP contribution in [0.3, 0.4) is 0 Å². The van der Waals surface area contributed by atoms with E-state index in [9.17, 15) is 9.90 Å². The van der Waals surface area contributed by atoms with Crippen LogP contribution in [-0.2, 0) is 10.3 Å². The van der Waals surface area contributed by atoms with E-state index in [0.717, 1.165) is 22.9 Å². The van der Waals surface area contributed by atoms with E-state index < -0.39 is 5.54 Å². The van der Waals surface area contributed by atoms with Crippen LogP contribution < -0.4 is 11.1 Å². The van der Waals surface area contributed by atoms with Gasteiger partial charge in [-0.15, -0.1) is 12.4 Å². The molecule has 6 heteroatoms. The molecule has 1 aromatic carbocycles. The molecule has 4 N–H and O–H groups in total. The maximum Gasteiger partial charge on any atom is 0.244 e. The van der Waals surface area contributed by atoms with Gasteiger partial charge in [-0.05, 0) is 49.3 Å². The molecule has 0 saturated carbocycles. The molecular weight excluding hydrogens is 380 g/mol. The van der Waals surface area contributed by atoms with Gasteiger partial charge in [0.15, 0.2) is 0 Å². The molecule has 0 fully saturated rings. The van der Waals surface area contributed by atoms with Crippen LogP contribution in [0.4, 0.5) is 0 Å². The van der Waals surface area contributed by atoms with Crippen molar-refractivity contribution in [1.29, 1.82) is 0 Å². The predicted molar refractivity (Wildman–Crippen MR) is 101 cm³/mol. The molecule has 1 amide bonds. The van der Waals surface area contributed by atoms with Crippen LogP contribution in [0.15, 0.2) is 28.7 Å². The SMILES string of the molecule is CCC(CC)(CCO)CNC(=O)C(C)(N)c1ccc(Br)cc1.Cl. The summed E-state index contributed by atoms with van der Waals surface area (Å²) >= 11 is 3.38. The first-order chi connectivity index (χ1) is 10.3. The predicted octanol–water partition coefficient (Wildman–Crippen LogP) is 3.35. The minimum atomic E-state index is -1.08. The van der Waals surface area contributed by atoms with Crippen molar-refractivity contribution in [2.75, 3.05) is 13.2 Å². The average Bonchev–Trinajstić information content (AvgIpc) is 2.51. The second kappa shape index (κ2) is 9.62. The normalized spacial score (nSPS) is 13.8. The summed E-state index contributed by atoms with van der Waals surface area (Å²) in [6, 6.07) is 7.46. The molecular formula is C17H28BrClN2O2. The zero-order valence-electron chi connectivity index (χ0n) is 14.1. The molecule has 1 atom stereocenters. The van der Waals surface area contributed by atoms with Gasteiger partial charge in [-0.3, -0.25) is 4.79 Å². The lowest BCUT2D eigenvalue weighted by Gasteiger charge is -2.33. The van der Waals surface area contributed by atoms with Gasteiger partial charge in [-0.25, -0.2) is 0 Å².